The number of nitrogens with one attached hydrogen (secondary N) is 1. The Morgan fingerprint density at radius 3 is 2.50 bits per heavy atom. The van der Waals surface area contributed by atoms with Gasteiger partial charge in [0.1, 0.15) is 6.54 Å². The van der Waals surface area contributed by atoms with Crippen molar-refractivity contribution in [3.05, 3.63) is 35.9 Å². The van der Waals surface area contributed by atoms with E-state index < -0.39 is 42.3 Å². The number of likely N-dealkylation sites (tertiary alicyclic amines) is 1. The number of carbonyl (C=O) groups excluding carboxylic acids is 2. The van der Waals surface area contributed by atoms with Crippen LogP contribution in [-0.4, -0.2) is 53.6 Å². The number of hydrogen-bond donors (Lipinski definition) is 2. The van der Waals surface area contributed by atoms with E-state index in [1.165, 1.54) is 0 Å². The third kappa shape index (κ3) is 5.75. The van der Waals surface area contributed by atoms with E-state index in [1.54, 1.807) is 30.3 Å². The number of benzene rings is 1. The normalized spacial score (nSPS) is 18.7. The molecule has 1 saturated heterocycles. The third-order valence-electron chi connectivity index (χ3n) is 4.15. The van der Waals surface area contributed by atoms with Crippen LogP contribution in [0.2, 0.25) is 0 Å². The van der Waals surface area contributed by atoms with Crippen LogP contribution in [0.3, 0.4) is 0 Å². The van der Waals surface area contributed by atoms with Gasteiger partial charge in [0, 0.05) is 19.5 Å². The fourth-order valence-electron chi connectivity index (χ4n) is 2.83. The highest BCUT2D eigenvalue weighted by atomic mass is 19.4. The van der Waals surface area contributed by atoms with Gasteiger partial charge in [-0.1, -0.05) is 30.3 Å². The van der Waals surface area contributed by atoms with E-state index in [1.807, 2.05) is 0 Å². The second-order valence-electron chi connectivity index (χ2n) is 6.26. The smallest absolute Gasteiger partial charge is 0.406 e. The molecule has 2 rings (SSSR count). The minimum atomic E-state index is -4.52. The Balaban J connectivity index is 1.88. The molecule has 142 valence electrons. The van der Waals surface area contributed by atoms with Crippen molar-refractivity contribution in [1.82, 2.24) is 10.2 Å². The van der Waals surface area contributed by atoms with Crippen molar-refractivity contribution in [2.24, 2.45) is 11.8 Å². The number of rotatable bonds is 7. The van der Waals surface area contributed by atoms with Crippen LogP contribution < -0.4 is 5.32 Å². The van der Waals surface area contributed by atoms with Gasteiger partial charge < -0.3 is 15.3 Å². The number of aliphatic carboxylic acids is 1. The molecule has 0 spiro atoms. The van der Waals surface area contributed by atoms with Crippen LogP contribution in [-0.2, 0) is 20.8 Å². The van der Waals surface area contributed by atoms with Crippen LogP contribution in [0.1, 0.15) is 12.0 Å². The van der Waals surface area contributed by atoms with Gasteiger partial charge in [-0.25, -0.2) is 0 Å². The first-order valence-electron chi connectivity index (χ1n) is 8.04. The number of carbonyl (C=O) groups is 3. The number of nitrogens with zero attached hydrogens (tertiary/aromatic N) is 1. The van der Waals surface area contributed by atoms with Crippen molar-refractivity contribution < 1.29 is 32.7 Å². The lowest BCUT2D eigenvalue weighted by Crippen LogP contribution is -2.39. The van der Waals surface area contributed by atoms with E-state index >= 15 is 0 Å². The molecule has 26 heavy (non-hydrogen) atoms. The Kier molecular flexibility index (Phi) is 6.23. The summed E-state index contributed by atoms with van der Waals surface area (Å²) < 4.78 is 37.2. The summed E-state index contributed by atoms with van der Waals surface area (Å²) in [7, 11) is 0. The summed E-state index contributed by atoms with van der Waals surface area (Å²) in [5, 5.41) is 11.7. The molecule has 1 aliphatic rings. The molecule has 1 aromatic carbocycles. The van der Waals surface area contributed by atoms with Crippen molar-refractivity contribution >= 4 is 17.8 Å². The number of hydrogen-bond acceptors (Lipinski definition) is 3. The van der Waals surface area contributed by atoms with Crippen molar-refractivity contribution in [3.63, 3.8) is 0 Å². The maximum Gasteiger partial charge on any atom is 0.406 e. The molecule has 0 radical (unpaired) electrons. The Morgan fingerprint density at radius 1 is 1.27 bits per heavy atom. The molecule has 0 saturated carbocycles. The standard InChI is InChI=1S/C17H19F3N2O4/c18-17(19,20)10-22-9-13(7-14(22)23)15(24)21-8-12(16(25)26)6-11-4-2-1-3-5-11/h1-5,12-13H,6-10H2,(H,21,24)(H,25,26). The van der Waals surface area contributed by atoms with Gasteiger partial charge in [0.05, 0.1) is 11.8 Å². The number of amides is 2. The van der Waals surface area contributed by atoms with Crippen LogP contribution in [0, 0.1) is 11.8 Å². The van der Waals surface area contributed by atoms with Gasteiger partial charge in [-0.05, 0) is 12.0 Å². The third-order valence-corrected chi connectivity index (χ3v) is 4.15. The molecular weight excluding hydrogens is 353 g/mol. The zero-order chi connectivity index (χ0) is 19.3. The van der Waals surface area contributed by atoms with Crippen molar-refractivity contribution in [2.75, 3.05) is 19.6 Å². The average Bonchev–Trinajstić information content (AvgIpc) is 2.91. The van der Waals surface area contributed by atoms with Crippen molar-refractivity contribution in [1.29, 1.82) is 0 Å². The topological polar surface area (TPSA) is 86.7 Å². The molecule has 2 atom stereocenters. The van der Waals surface area contributed by atoms with Gasteiger partial charge >= 0.3 is 12.1 Å². The monoisotopic (exact) mass is 372 g/mol. The van der Waals surface area contributed by atoms with Gasteiger partial charge in [-0.3, -0.25) is 14.4 Å². The molecule has 1 fully saturated rings. The highest BCUT2D eigenvalue weighted by Crippen LogP contribution is 2.24. The minimum Gasteiger partial charge on any atom is -0.481 e. The summed E-state index contributed by atoms with van der Waals surface area (Å²) in [4.78, 5) is 35.7. The zero-order valence-electron chi connectivity index (χ0n) is 13.8. The molecule has 6 nitrogen and oxygen atoms in total. The van der Waals surface area contributed by atoms with E-state index in [4.69, 9.17) is 0 Å². The van der Waals surface area contributed by atoms with Crippen molar-refractivity contribution in [2.45, 2.75) is 19.0 Å². The molecule has 0 aliphatic carbocycles. The molecule has 1 heterocycles. The predicted molar refractivity (Wildman–Crippen MR) is 85.0 cm³/mol. The van der Waals surface area contributed by atoms with Gasteiger partial charge in [0.25, 0.3) is 0 Å². The summed E-state index contributed by atoms with van der Waals surface area (Å²) in [5.74, 6) is -4.21. The summed E-state index contributed by atoms with van der Waals surface area (Å²) in [6, 6.07) is 8.87. The molecule has 2 N–H and O–H groups in total. The Labute approximate surface area is 148 Å². The Morgan fingerprint density at radius 2 is 1.92 bits per heavy atom. The molecule has 1 aliphatic heterocycles. The first-order chi connectivity index (χ1) is 12.2. The van der Waals surface area contributed by atoms with E-state index in [9.17, 15) is 32.7 Å². The summed E-state index contributed by atoms with van der Waals surface area (Å²) >= 11 is 0. The highest BCUT2D eigenvalue weighted by molar-refractivity contribution is 5.89. The second kappa shape index (κ2) is 8.20. The van der Waals surface area contributed by atoms with Crippen LogP contribution in [0.15, 0.2) is 30.3 Å². The van der Waals surface area contributed by atoms with Crippen LogP contribution in [0.25, 0.3) is 0 Å². The fourth-order valence-corrected chi connectivity index (χ4v) is 2.83. The van der Waals surface area contributed by atoms with Crippen LogP contribution in [0.5, 0.6) is 0 Å². The number of carboxylic acid groups (broad SMARTS) is 1. The summed E-state index contributed by atoms with van der Waals surface area (Å²) in [5.41, 5.74) is 0.793. The van der Waals surface area contributed by atoms with Crippen LogP contribution in [0.4, 0.5) is 13.2 Å². The second-order valence-corrected chi connectivity index (χ2v) is 6.26. The number of alkyl halides is 3. The van der Waals surface area contributed by atoms with Gasteiger partial charge in [0.2, 0.25) is 11.8 Å². The SMILES string of the molecule is O=C(O)C(CNC(=O)C1CC(=O)N(CC(F)(F)F)C1)Cc1ccccc1. The van der Waals surface area contributed by atoms with E-state index in [0.717, 1.165) is 5.56 Å². The van der Waals surface area contributed by atoms with Crippen molar-refractivity contribution in [3.8, 4) is 0 Å². The first kappa shape index (κ1) is 19.7. The minimum absolute atomic E-state index is 0.160. The number of halogens is 3. The maximum absolute atomic E-state index is 12.4. The zero-order valence-corrected chi connectivity index (χ0v) is 13.8. The van der Waals surface area contributed by atoms with E-state index in [2.05, 4.69) is 5.32 Å². The summed E-state index contributed by atoms with van der Waals surface area (Å²) in [6.45, 7) is -1.87. The molecular formula is C17H19F3N2O4. The Hall–Kier alpha value is -2.58. The maximum atomic E-state index is 12.4. The Bertz CT molecular complexity index is 664. The molecule has 1 aromatic rings. The molecule has 2 amide bonds. The number of carboxylic acids is 1. The predicted octanol–water partition coefficient (Wildman–Crippen LogP) is 1.46. The van der Waals surface area contributed by atoms with Gasteiger partial charge in [-0.2, -0.15) is 13.2 Å². The largest absolute Gasteiger partial charge is 0.481 e. The lowest BCUT2D eigenvalue weighted by Gasteiger charge is -2.19. The quantitative estimate of drug-likeness (QED) is 0.759. The molecule has 0 bridgehead atoms. The highest BCUT2D eigenvalue weighted by Gasteiger charge is 2.40. The van der Waals surface area contributed by atoms with Gasteiger partial charge in [0.15, 0.2) is 0 Å². The molecule has 9 heteroatoms. The molecule has 0 aromatic heterocycles. The van der Waals surface area contributed by atoms with Crippen LogP contribution >= 0.6 is 0 Å². The lowest BCUT2D eigenvalue weighted by molar-refractivity contribution is -0.157. The van der Waals surface area contributed by atoms with Gasteiger partial charge in [-0.15, -0.1) is 0 Å². The lowest BCUT2D eigenvalue weighted by atomic mass is 9.99. The fraction of sp³-hybridized carbons (Fsp3) is 0.471. The molecule has 2 unspecified atom stereocenters. The van der Waals surface area contributed by atoms with E-state index in [0.29, 0.717) is 4.90 Å². The average molecular weight is 372 g/mol. The first-order valence-corrected chi connectivity index (χ1v) is 8.04. The summed E-state index contributed by atoms with van der Waals surface area (Å²) in [6.07, 6.45) is -4.62. The van der Waals surface area contributed by atoms with E-state index in [-0.39, 0.29) is 25.9 Å².